The van der Waals surface area contributed by atoms with Crippen LogP contribution < -0.4 is 4.72 Å². The second-order valence-corrected chi connectivity index (χ2v) is 7.39. The van der Waals surface area contributed by atoms with Crippen molar-refractivity contribution in [1.29, 1.82) is 0 Å². The lowest BCUT2D eigenvalue weighted by Crippen LogP contribution is -2.25. The predicted molar refractivity (Wildman–Crippen MR) is 89.8 cm³/mol. The van der Waals surface area contributed by atoms with E-state index in [9.17, 15) is 8.42 Å². The summed E-state index contributed by atoms with van der Waals surface area (Å²) in [5.74, 6) is 0. The number of hydrogen-bond donors (Lipinski definition) is 1. The number of aromatic nitrogens is 1. The van der Waals surface area contributed by atoms with Gasteiger partial charge in [-0.2, -0.15) is 0 Å². The molecule has 0 aliphatic carbocycles. The average Bonchev–Trinajstić information content (AvgIpc) is 2.44. The molecule has 0 aliphatic rings. The van der Waals surface area contributed by atoms with Gasteiger partial charge in [0.2, 0.25) is 10.0 Å². The first-order valence-corrected chi connectivity index (χ1v) is 9.47. The van der Waals surface area contributed by atoms with E-state index in [1.165, 1.54) is 0 Å². The number of benzene rings is 1. The summed E-state index contributed by atoms with van der Waals surface area (Å²) in [5.41, 5.74) is 1.71. The van der Waals surface area contributed by atoms with E-state index >= 15 is 0 Å². The summed E-state index contributed by atoms with van der Waals surface area (Å²) in [5, 5.41) is 0.675. The van der Waals surface area contributed by atoms with Crippen LogP contribution in [0.5, 0.6) is 0 Å². The second kappa shape index (κ2) is 6.82. The van der Waals surface area contributed by atoms with Crippen LogP contribution >= 0.6 is 22.6 Å². The zero-order chi connectivity index (χ0) is 14.6. The van der Waals surface area contributed by atoms with Crippen LogP contribution in [0.1, 0.15) is 18.4 Å². The summed E-state index contributed by atoms with van der Waals surface area (Å²) in [6.45, 7) is 2.40. The Morgan fingerprint density at radius 1 is 1.25 bits per heavy atom. The summed E-state index contributed by atoms with van der Waals surface area (Å²) in [7, 11) is -3.48. The number of nitrogens with one attached hydrogen (secondary N) is 1. The fourth-order valence-corrected chi connectivity index (χ4v) is 3.84. The van der Waals surface area contributed by atoms with Crippen molar-refractivity contribution >= 4 is 43.5 Å². The molecule has 0 fully saturated rings. The molecule has 1 N–H and O–H groups in total. The maximum atomic E-state index is 12.4. The van der Waals surface area contributed by atoms with Crippen molar-refractivity contribution in [3.8, 4) is 0 Å². The minimum Gasteiger partial charge on any atom is -0.256 e. The van der Waals surface area contributed by atoms with Crippen LogP contribution in [0, 0.1) is 6.92 Å². The zero-order valence-electron chi connectivity index (χ0n) is 11.3. The van der Waals surface area contributed by atoms with E-state index in [-0.39, 0.29) is 0 Å². The van der Waals surface area contributed by atoms with Crippen LogP contribution in [0.15, 0.2) is 35.4 Å². The smallest absolute Gasteiger partial charge is 0.241 e. The molecule has 0 bridgehead atoms. The largest absolute Gasteiger partial charge is 0.256 e. The lowest BCUT2D eigenvalue weighted by molar-refractivity contribution is 0.579. The molecule has 0 unspecified atom stereocenters. The van der Waals surface area contributed by atoms with Gasteiger partial charge in [0, 0.05) is 18.1 Å². The third-order valence-corrected chi connectivity index (χ3v) is 5.36. The molecule has 2 rings (SSSR count). The summed E-state index contributed by atoms with van der Waals surface area (Å²) in [6.07, 6.45) is 3.54. The molecule has 6 heteroatoms. The number of fused-ring (bicyclic) bond motifs is 1. The Kier molecular flexibility index (Phi) is 5.34. The van der Waals surface area contributed by atoms with Gasteiger partial charge < -0.3 is 0 Å². The number of alkyl halides is 1. The maximum Gasteiger partial charge on any atom is 0.241 e. The minimum atomic E-state index is -3.48. The molecular weight excluding hydrogens is 387 g/mol. The predicted octanol–water partition coefficient (Wildman–Crippen LogP) is 3.04. The molecule has 1 heterocycles. The molecule has 0 saturated carbocycles. The molecule has 1 aromatic heterocycles. The lowest BCUT2D eigenvalue weighted by atomic mass is 10.1. The molecule has 0 saturated heterocycles. The summed E-state index contributed by atoms with van der Waals surface area (Å²) in [4.78, 5) is 4.58. The number of pyridine rings is 1. The third-order valence-electron chi connectivity index (χ3n) is 3.07. The third kappa shape index (κ3) is 3.48. The van der Waals surface area contributed by atoms with E-state index in [2.05, 4.69) is 32.3 Å². The van der Waals surface area contributed by atoms with Crippen molar-refractivity contribution in [2.45, 2.75) is 24.7 Å². The Hall–Kier alpha value is -0.730. The van der Waals surface area contributed by atoms with E-state index in [4.69, 9.17) is 0 Å². The lowest BCUT2D eigenvalue weighted by Gasteiger charge is -2.10. The van der Waals surface area contributed by atoms with Crippen LogP contribution in [0.3, 0.4) is 0 Å². The highest BCUT2D eigenvalue weighted by Crippen LogP contribution is 2.23. The molecule has 20 heavy (non-hydrogen) atoms. The first-order chi connectivity index (χ1) is 9.56. The van der Waals surface area contributed by atoms with Gasteiger partial charge in [-0.25, -0.2) is 13.1 Å². The summed E-state index contributed by atoms with van der Waals surface area (Å²) >= 11 is 2.29. The molecule has 0 atom stereocenters. The Balaban J connectivity index is 2.35. The molecule has 0 amide bonds. The van der Waals surface area contributed by atoms with Gasteiger partial charge >= 0.3 is 0 Å². The summed E-state index contributed by atoms with van der Waals surface area (Å²) in [6, 6.07) is 7.01. The van der Waals surface area contributed by atoms with Crippen LogP contribution in [-0.4, -0.2) is 24.4 Å². The van der Waals surface area contributed by atoms with Crippen molar-refractivity contribution in [3.63, 3.8) is 0 Å². The van der Waals surface area contributed by atoms with E-state index in [1.54, 1.807) is 30.5 Å². The number of hydrogen-bond acceptors (Lipinski definition) is 3. The number of aryl methyl sites for hydroxylation is 1. The van der Waals surface area contributed by atoms with Crippen LogP contribution in [0.25, 0.3) is 10.9 Å². The fourth-order valence-electron chi connectivity index (χ4n) is 2.03. The Labute approximate surface area is 133 Å². The summed E-state index contributed by atoms with van der Waals surface area (Å²) < 4.78 is 28.5. The van der Waals surface area contributed by atoms with Crippen molar-refractivity contribution in [2.24, 2.45) is 0 Å². The van der Waals surface area contributed by atoms with Crippen LogP contribution in [0.2, 0.25) is 0 Å². The highest BCUT2D eigenvalue weighted by molar-refractivity contribution is 14.1. The number of unbranched alkanes of at least 4 members (excludes halogenated alkanes) is 1. The van der Waals surface area contributed by atoms with Crippen LogP contribution in [0.4, 0.5) is 0 Å². The molecule has 2 aromatic rings. The quantitative estimate of drug-likeness (QED) is 0.458. The SMILES string of the molecule is Cc1ccc(S(=O)(=O)NCCCCI)c2cccnc12. The highest BCUT2D eigenvalue weighted by Gasteiger charge is 2.17. The number of nitrogens with zero attached hydrogens (tertiary/aromatic N) is 1. The molecule has 108 valence electrons. The van der Waals surface area contributed by atoms with E-state index < -0.39 is 10.0 Å². The van der Waals surface area contributed by atoms with E-state index in [1.807, 2.05) is 6.92 Å². The molecule has 0 aliphatic heterocycles. The van der Waals surface area contributed by atoms with Gasteiger partial charge in [-0.05, 0) is 48.0 Å². The van der Waals surface area contributed by atoms with E-state index in [0.717, 1.165) is 28.3 Å². The molecule has 1 aromatic carbocycles. The van der Waals surface area contributed by atoms with Gasteiger partial charge in [0.25, 0.3) is 0 Å². The molecule has 4 nitrogen and oxygen atoms in total. The topological polar surface area (TPSA) is 59.1 Å². The van der Waals surface area contributed by atoms with Gasteiger partial charge in [-0.1, -0.05) is 28.7 Å². The Morgan fingerprint density at radius 3 is 2.80 bits per heavy atom. The van der Waals surface area contributed by atoms with Crippen molar-refractivity contribution in [3.05, 3.63) is 36.0 Å². The number of halogens is 1. The second-order valence-electron chi connectivity index (χ2n) is 4.57. The van der Waals surface area contributed by atoms with Gasteiger partial charge in [0.15, 0.2) is 0 Å². The van der Waals surface area contributed by atoms with Crippen LogP contribution in [-0.2, 0) is 10.0 Å². The van der Waals surface area contributed by atoms with E-state index in [0.29, 0.717) is 16.8 Å². The first-order valence-electron chi connectivity index (χ1n) is 6.46. The normalized spacial score (nSPS) is 11.9. The highest BCUT2D eigenvalue weighted by atomic mass is 127. The molecular formula is C14H17IN2O2S. The van der Waals surface area contributed by atoms with Gasteiger partial charge in [0.05, 0.1) is 10.4 Å². The van der Waals surface area contributed by atoms with Crippen molar-refractivity contribution in [1.82, 2.24) is 9.71 Å². The first kappa shape index (κ1) is 15.7. The zero-order valence-corrected chi connectivity index (χ0v) is 14.2. The Bertz CT molecular complexity index is 701. The van der Waals surface area contributed by atoms with Crippen molar-refractivity contribution < 1.29 is 8.42 Å². The maximum absolute atomic E-state index is 12.4. The monoisotopic (exact) mass is 404 g/mol. The Morgan fingerprint density at radius 2 is 2.05 bits per heavy atom. The average molecular weight is 404 g/mol. The molecule has 0 radical (unpaired) electrons. The number of rotatable bonds is 6. The van der Waals surface area contributed by atoms with Gasteiger partial charge in [-0.3, -0.25) is 4.98 Å². The van der Waals surface area contributed by atoms with Crippen molar-refractivity contribution in [2.75, 3.05) is 11.0 Å². The standard InChI is InChI=1S/C14H17IN2O2S/c1-11-6-7-13(12-5-4-9-16-14(11)12)20(18,19)17-10-3-2-8-15/h4-7,9,17H,2-3,8,10H2,1H3. The van der Waals surface area contributed by atoms with Gasteiger partial charge in [-0.15, -0.1) is 0 Å². The fraction of sp³-hybridized carbons (Fsp3) is 0.357. The minimum absolute atomic E-state index is 0.306. The molecule has 0 spiro atoms. The number of sulfonamides is 1. The van der Waals surface area contributed by atoms with Gasteiger partial charge in [0.1, 0.15) is 0 Å².